The summed E-state index contributed by atoms with van der Waals surface area (Å²) in [7, 11) is -3.31. The molecule has 1 amide bonds. The molecule has 0 atom stereocenters. The molecular formula is C18H22ClN5O3S. The van der Waals surface area contributed by atoms with Crippen molar-refractivity contribution in [2.24, 2.45) is 9.98 Å². The van der Waals surface area contributed by atoms with Gasteiger partial charge in [-0.15, -0.1) is 0 Å². The number of allylic oxidation sites excluding steroid dienone is 1. The summed E-state index contributed by atoms with van der Waals surface area (Å²) in [5.74, 6) is 0.170. The number of nitrogens with zero attached hydrogens (tertiary/aromatic N) is 4. The number of hydrogen-bond acceptors (Lipinski definition) is 6. The molecule has 0 aromatic carbocycles. The van der Waals surface area contributed by atoms with Gasteiger partial charge in [-0.25, -0.2) is 13.4 Å². The van der Waals surface area contributed by atoms with Gasteiger partial charge in [-0.3, -0.25) is 19.7 Å². The van der Waals surface area contributed by atoms with E-state index in [1.165, 1.54) is 17.2 Å². The number of nitrogens with one attached hydrogen (secondary N) is 1. The van der Waals surface area contributed by atoms with E-state index in [0.29, 0.717) is 23.8 Å². The van der Waals surface area contributed by atoms with Gasteiger partial charge in [-0.2, -0.15) is 0 Å². The summed E-state index contributed by atoms with van der Waals surface area (Å²) >= 11 is 5.78. The number of amides is 1. The molecule has 2 rings (SSSR count). The van der Waals surface area contributed by atoms with Crippen LogP contribution in [0.1, 0.15) is 26.5 Å². The molecule has 1 aromatic heterocycles. The Morgan fingerprint density at radius 3 is 2.61 bits per heavy atom. The van der Waals surface area contributed by atoms with Crippen LogP contribution in [0.5, 0.6) is 0 Å². The summed E-state index contributed by atoms with van der Waals surface area (Å²) in [5.41, 5.74) is 1.12. The predicted octanol–water partition coefficient (Wildman–Crippen LogP) is 2.24. The Morgan fingerprint density at radius 2 is 2.11 bits per heavy atom. The first-order valence-corrected chi connectivity index (χ1v) is 10.7. The molecule has 10 heteroatoms. The van der Waals surface area contributed by atoms with E-state index in [1.807, 2.05) is 6.92 Å². The number of sulfone groups is 1. The van der Waals surface area contributed by atoms with E-state index in [0.717, 1.165) is 0 Å². The Morgan fingerprint density at radius 1 is 1.39 bits per heavy atom. The third-order valence-corrected chi connectivity index (χ3v) is 5.77. The molecule has 0 aliphatic carbocycles. The lowest BCUT2D eigenvalue weighted by Crippen LogP contribution is -2.54. The maximum atomic E-state index is 12.7. The molecule has 150 valence electrons. The highest BCUT2D eigenvalue weighted by atomic mass is 35.5. The average molecular weight is 424 g/mol. The minimum absolute atomic E-state index is 0.00629. The molecule has 2 heterocycles. The highest BCUT2D eigenvalue weighted by Gasteiger charge is 2.31. The molecule has 1 fully saturated rings. The summed E-state index contributed by atoms with van der Waals surface area (Å²) in [6, 6.07) is 3.07. The molecule has 1 aromatic rings. The highest BCUT2D eigenvalue weighted by molar-refractivity contribution is 7.91. The van der Waals surface area contributed by atoms with E-state index < -0.39 is 9.84 Å². The zero-order chi connectivity index (χ0) is 20.9. The lowest BCUT2D eigenvalue weighted by atomic mass is 10.2. The molecule has 1 aliphatic rings. The number of amidine groups is 2. The van der Waals surface area contributed by atoms with Gasteiger partial charge >= 0.3 is 0 Å². The molecule has 1 N–H and O–H groups in total. The normalized spacial score (nSPS) is 19.4. The summed E-state index contributed by atoms with van der Waals surface area (Å²) in [6.45, 7) is 9.22. The van der Waals surface area contributed by atoms with Crippen molar-refractivity contribution in [2.45, 2.75) is 32.2 Å². The minimum Gasteiger partial charge on any atom is -0.333 e. The van der Waals surface area contributed by atoms with Crippen LogP contribution in [0, 0.1) is 0 Å². The number of hydrogen-bond donors (Lipinski definition) is 1. The average Bonchev–Trinajstić information content (AvgIpc) is 2.67. The molecule has 8 nitrogen and oxygen atoms in total. The zero-order valence-corrected chi connectivity index (χ0v) is 17.5. The van der Waals surface area contributed by atoms with Gasteiger partial charge in [0.1, 0.15) is 5.16 Å². The summed E-state index contributed by atoms with van der Waals surface area (Å²) in [4.78, 5) is 26.9. The number of aliphatic imine (C=N–C) groups is 2. The number of likely N-dealkylation sites (N-methyl/N-ethyl adjacent to an activating group) is 1. The molecule has 1 saturated heterocycles. The lowest BCUT2D eigenvalue weighted by molar-refractivity contribution is -0.120. The molecule has 0 unspecified atom stereocenters. The first-order chi connectivity index (χ1) is 13.2. The van der Waals surface area contributed by atoms with Crippen molar-refractivity contribution in [2.75, 3.05) is 12.3 Å². The summed E-state index contributed by atoms with van der Waals surface area (Å²) in [6.07, 6.45) is 3.06. The van der Waals surface area contributed by atoms with Crippen molar-refractivity contribution in [3.63, 3.8) is 0 Å². The largest absolute Gasteiger partial charge is 0.333 e. The van der Waals surface area contributed by atoms with E-state index >= 15 is 0 Å². The van der Waals surface area contributed by atoms with Crippen LogP contribution in [0.3, 0.4) is 0 Å². The number of carbonyl (C=O) groups is 1. The van der Waals surface area contributed by atoms with Crippen LogP contribution < -0.4 is 5.32 Å². The van der Waals surface area contributed by atoms with Gasteiger partial charge in [0, 0.05) is 12.7 Å². The van der Waals surface area contributed by atoms with Crippen molar-refractivity contribution in [3.05, 3.63) is 47.5 Å². The maximum absolute atomic E-state index is 12.7. The van der Waals surface area contributed by atoms with E-state index in [2.05, 4.69) is 26.9 Å². The third kappa shape index (κ3) is 4.85. The monoisotopic (exact) mass is 423 g/mol. The standard InChI is InChI=1S/C18H22ClN5O3S/c1-5-15-17(22-12(4)19)24(6-2)18(25)16(23-15)21-10-13-8-9-14(11-20-13)28(26,27)7-3/h5,8-9,11H,4,6-7,10H2,1-3H3,(H,21,23)/b15-5+,22-17?. The molecule has 1 aliphatic heterocycles. The molecule has 0 radical (unpaired) electrons. The lowest BCUT2D eigenvalue weighted by Gasteiger charge is -2.30. The van der Waals surface area contributed by atoms with Crippen LogP contribution in [0.2, 0.25) is 0 Å². The van der Waals surface area contributed by atoms with E-state index in [-0.39, 0.29) is 34.1 Å². The van der Waals surface area contributed by atoms with Gasteiger partial charge in [0.2, 0.25) is 0 Å². The van der Waals surface area contributed by atoms with E-state index in [1.54, 1.807) is 26.0 Å². The van der Waals surface area contributed by atoms with Crippen LogP contribution in [-0.2, 0) is 21.2 Å². The Balaban J connectivity index is 2.27. The molecule has 28 heavy (non-hydrogen) atoms. The van der Waals surface area contributed by atoms with Crippen LogP contribution in [0.4, 0.5) is 0 Å². The fraction of sp³-hybridized carbons (Fsp3) is 0.333. The Labute approximate surface area is 169 Å². The quantitative estimate of drug-likeness (QED) is 0.706. The zero-order valence-electron chi connectivity index (χ0n) is 15.9. The van der Waals surface area contributed by atoms with Gasteiger partial charge < -0.3 is 5.32 Å². The molecule has 0 bridgehead atoms. The Hall–Kier alpha value is -2.52. The van der Waals surface area contributed by atoms with Gasteiger partial charge in [-0.05, 0) is 26.0 Å². The van der Waals surface area contributed by atoms with Crippen LogP contribution >= 0.6 is 11.6 Å². The van der Waals surface area contributed by atoms with Gasteiger partial charge in [-0.1, -0.05) is 31.2 Å². The van der Waals surface area contributed by atoms with Crippen molar-refractivity contribution < 1.29 is 13.2 Å². The van der Waals surface area contributed by atoms with E-state index in [9.17, 15) is 13.2 Å². The number of piperazine rings is 1. The number of halogens is 1. The summed E-state index contributed by atoms with van der Waals surface area (Å²) < 4.78 is 23.7. The number of rotatable bonds is 6. The first-order valence-electron chi connectivity index (χ1n) is 8.64. The smallest absolute Gasteiger partial charge is 0.294 e. The van der Waals surface area contributed by atoms with Crippen molar-refractivity contribution in [1.29, 1.82) is 0 Å². The van der Waals surface area contributed by atoms with Gasteiger partial charge in [0.15, 0.2) is 21.5 Å². The van der Waals surface area contributed by atoms with Crippen molar-refractivity contribution in [3.8, 4) is 0 Å². The second kappa shape index (κ2) is 9.11. The first kappa shape index (κ1) is 21.8. The predicted molar refractivity (Wildman–Crippen MR) is 110 cm³/mol. The maximum Gasteiger partial charge on any atom is 0.294 e. The summed E-state index contributed by atoms with van der Waals surface area (Å²) in [5, 5.41) is 3.02. The minimum atomic E-state index is -3.31. The Kier molecular flexibility index (Phi) is 7.09. The fourth-order valence-electron chi connectivity index (χ4n) is 2.46. The van der Waals surface area contributed by atoms with Gasteiger partial charge in [0.05, 0.1) is 28.6 Å². The van der Waals surface area contributed by atoms with Crippen LogP contribution in [-0.4, -0.2) is 48.2 Å². The van der Waals surface area contributed by atoms with E-state index in [4.69, 9.17) is 11.6 Å². The topological polar surface area (TPSA) is 104 Å². The number of aromatic nitrogens is 1. The highest BCUT2D eigenvalue weighted by Crippen LogP contribution is 2.14. The fourth-order valence-corrected chi connectivity index (χ4v) is 3.36. The molecule has 0 spiro atoms. The second-order valence-corrected chi connectivity index (χ2v) is 8.46. The van der Waals surface area contributed by atoms with Crippen molar-refractivity contribution >= 4 is 39.0 Å². The second-order valence-electron chi connectivity index (χ2n) is 5.74. The van der Waals surface area contributed by atoms with Crippen LogP contribution in [0.15, 0.2) is 56.7 Å². The third-order valence-electron chi connectivity index (χ3n) is 3.97. The number of carbonyl (C=O) groups excluding carboxylic acids is 1. The Bertz CT molecular complexity index is 965. The van der Waals surface area contributed by atoms with Crippen molar-refractivity contribution in [1.82, 2.24) is 15.2 Å². The van der Waals surface area contributed by atoms with Crippen LogP contribution in [0.25, 0.3) is 0 Å². The van der Waals surface area contributed by atoms with Gasteiger partial charge in [0.25, 0.3) is 5.91 Å². The molecular weight excluding hydrogens is 402 g/mol. The number of pyridine rings is 1. The SMILES string of the molecule is C=C(Cl)N=C1/C(=C\C)NC(=NCc2ccc(S(=O)(=O)CC)cn2)C(=O)N1CC. The molecule has 0 saturated carbocycles.